The Labute approximate surface area is 184 Å². The van der Waals surface area contributed by atoms with Gasteiger partial charge in [-0.3, -0.25) is 9.59 Å². The number of hydrogen-bond acceptors (Lipinski definition) is 4. The molecule has 0 fully saturated rings. The van der Waals surface area contributed by atoms with Crippen LogP contribution in [0.15, 0.2) is 42.5 Å². The molecule has 0 saturated carbocycles. The summed E-state index contributed by atoms with van der Waals surface area (Å²) in [6.45, 7) is 12.7. The highest BCUT2D eigenvalue weighted by Gasteiger charge is 2.38. The Hall–Kier alpha value is -3.02. The fourth-order valence-corrected chi connectivity index (χ4v) is 3.43. The molecule has 0 saturated heterocycles. The van der Waals surface area contributed by atoms with Gasteiger partial charge in [0.1, 0.15) is 18.1 Å². The Balaban J connectivity index is 1.81. The second-order valence-electron chi connectivity index (χ2n) is 9.31. The van der Waals surface area contributed by atoms with E-state index in [2.05, 4.69) is 19.2 Å². The van der Waals surface area contributed by atoms with Gasteiger partial charge in [-0.25, -0.2) is 0 Å². The summed E-state index contributed by atoms with van der Waals surface area (Å²) in [6, 6.07) is 12.5. The lowest BCUT2D eigenvalue weighted by Crippen LogP contribution is -2.43. The molecule has 1 aliphatic rings. The molecule has 31 heavy (non-hydrogen) atoms. The zero-order valence-electron chi connectivity index (χ0n) is 19.2. The lowest BCUT2D eigenvalue weighted by molar-refractivity contribution is -0.127. The number of benzene rings is 2. The quantitative estimate of drug-likeness (QED) is 0.698. The van der Waals surface area contributed by atoms with Gasteiger partial charge >= 0.3 is 0 Å². The molecule has 0 spiro atoms. The number of hydrogen-bond donors (Lipinski definition) is 1. The standard InChI is InChI=1S/C25H32N2O4/c1-16(2)14-27-21-12-9-19(13-22(21)30-15-25(5,6)24(27)29)26-23(28)18-7-10-20(11-8-18)31-17(3)4/h7-13,16-17H,14-15H2,1-6H3,(H,26,28). The summed E-state index contributed by atoms with van der Waals surface area (Å²) in [5.74, 6) is 1.45. The molecule has 1 N–H and O–H groups in total. The molecule has 2 aromatic rings. The van der Waals surface area contributed by atoms with Gasteiger partial charge in [-0.05, 0) is 70.0 Å². The van der Waals surface area contributed by atoms with Crippen molar-refractivity contribution in [2.75, 3.05) is 23.4 Å². The zero-order chi connectivity index (χ0) is 22.8. The molecular formula is C25H32N2O4. The molecule has 166 valence electrons. The number of nitrogens with zero attached hydrogens (tertiary/aromatic N) is 1. The van der Waals surface area contributed by atoms with Gasteiger partial charge in [0.25, 0.3) is 5.91 Å². The van der Waals surface area contributed by atoms with Crippen LogP contribution in [-0.4, -0.2) is 31.1 Å². The Morgan fingerprint density at radius 1 is 1.13 bits per heavy atom. The molecule has 6 heteroatoms. The summed E-state index contributed by atoms with van der Waals surface area (Å²) in [6.07, 6.45) is 0.0753. The normalized spacial score (nSPS) is 15.4. The van der Waals surface area contributed by atoms with Crippen molar-refractivity contribution in [3.05, 3.63) is 48.0 Å². The van der Waals surface area contributed by atoms with E-state index in [0.717, 1.165) is 11.4 Å². The molecule has 0 aliphatic carbocycles. The molecule has 0 atom stereocenters. The van der Waals surface area contributed by atoms with Crippen molar-refractivity contribution >= 4 is 23.2 Å². The number of amides is 2. The fourth-order valence-electron chi connectivity index (χ4n) is 3.43. The average molecular weight is 425 g/mol. The van der Waals surface area contributed by atoms with E-state index in [4.69, 9.17) is 9.47 Å². The first-order chi connectivity index (χ1) is 14.6. The highest BCUT2D eigenvalue weighted by molar-refractivity contribution is 6.05. The minimum atomic E-state index is -0.628. The van der Waals surface area contributed by atoms with E-state index in [-0.39, 0.29) is 24.5 Å². The van der Waals surface area contributed by atoms with Crippen LogP contribution in [0.3, 0.4) is 0 Å². The highest BCUT2D eigenvalue weighted by Crippen LogP contribution is 2.38. The van der Waals surface area contributed by atoms with E-state index in [1.54, 1.807) is 41.3 Å². The third-order valence-electron chi connectivity index (χ3n) is 4.96. The maximum atomic E-state index is 13.1. The molecule has 2 amide bonds. The van der Waals surface area contributed by atoms with Crippen molar-refractivity contribution in [2.24, 2.45) is 11.3 Å². The molecule has 1 heterocycles. The summed E-state index contributed by atoms with van der Waals surface area (Å²) >= 11 is 0. The third kappa shape index (κ3) is 5.37. The summed E-state index contributed by atoms with van der Waals surface area (Å²) in [5.41, 5.74) is 1.25. The topological polar surface area (TPSA) is 67.9 Å². The number of nitrogens with one attached hydrogen (secondary N) is 1. The zero-order valence-corrected chi connectivity index (χ0v) is 19.2. The summed E-state index contributed by atoms with van der Waals surface area (Å²) in [7, 11) is 0. The summed E-state index contributed by atoms with van der Waals surface area (Å²) in [4.78, 5) is 27.6. The van der Waals surface area contributed by atoms with E-state index in [9.17, 15) is 9.59 Å². The van der Waals surface area contributed by atoms with E-state index in [0.29, 0.717) is 29.5 Å². The van der Waals surface area contributed by atoms with Crippen LogP contribution in [0.2, 0.25) is 0 Å². The van der Waals surface area contributed by atoms with Gasteiger partial charge in [-0.2, -0.15) is 0 Å². The second kappa shape index (κ2) is 9.00. The van der Waals surface area contributed by atoms with E-state index < -0.39 is 5.41 Å². The Morgan fingerprint density at radius 3 is 2.42 bits per heavy atom. The largest absolute Gasteiger partial charge is 0.491 e. The second-order valence-corrected chi connectivity index (χ2v) is 9.31. The van der Waals surface area contributed by atoms with Crippen molar-refractivity contribution in [1.82, 2.24) is 0 Å². The van der Waals surface area contributed by atoms with Crippen molar-refractivity contribution < 1.29 is 19.1 Å². The van der Waals surface area contributed by atoms with Crippen LogP contribution in [0.1, 0.15) is 51.9 Å². The van der Waals surface area contributed by atoms with Crippen molar-refractivity contribution in [1.29, 1.82) is 0 Å². The van der Waals surface area contributed by atoms with E-state index >= 15 is 0 Å². The Bertz CT molecular complexity index is 948. The lowest BCUT2D eigenvalue weighted by Gasteiger charge is -2.29. The van der Waals surface area contributed by atoms with Gasteiger partial charge in [-0.1, -0.05) is 13.8 Å². The van der Waals surface area contributed by atoms with Gasteiger partial charge in [0, 0.05) is 23.9 Å². The number of rotatable bonds is 6. The van der Waals surface area contributed by atoms with Gasteiger partial charge in [-0.15, -0.1) is 0 Å². The van der Waals surface area contributed by atoms with Crippen LogP contribution >= 0.6 is 0 Å². The minimum Gasteiger partial charge on any atom is -0.491 e. The van der Waals surface area contributed by atoms with Gasteiger partial charge < -0.3 is 19.7 Å². The van der Waals surface area contributed by atoms with Crippen LogP contribution in [0.5, 0.6) is 11.5 Å². The van der Waals surface area contributed by atoms with Crippen LogP contribution in [0, 0.1) is 11.3 Å². The van der Waals surface area contributed by atoms with E-state index in [1.807, 2.05) is 33.8 Å². The van der Waals surface area contributed by atoms with Crippen LogP contribution in [-0.2, 0) is 4.79 Å². The molecule has 0 radical (unpaired) electrons. The smallest absolute Gasteiger partial charge is 0.255 e. The first kappa shape index (κ1) is 22.7. The first-order valence-electron chi connectivity index (χ1n) is 10.7. The highest BCUT2D eigenvalue weighted by atomic mass is 16.5. The number of ether oxygens (including phenoxy) is 2. The third-order valence-corrected chi connectivity index (χ3v) is 4.96. The predicted octanol–water partition coefficient (Wildman–Crippen LogP) is 5.13. The SMILES string of the molecule is CC(C)CN1C(=O)C(C)(C)COc2cc(NC(=O)c3ccc(OC(C)C)cc3)ccc21. The van der Waals surface area contributed by atoms with Gasteiger partial charge in [0.15, 0.2) is 0 Å². The Morgan fingerprint density at radius 2 is 1.81 bits per heavy atom. The molecule has 2 aromatic carbocycles. The minimum absolute atomic E-state index is 0.0421. The van der Waals surface area contributed by atoms with E-state index in [1.165, 1.54) is 0 Å². The fraction of sp³-hybridized carbons (Fsp3) is 0.440. The first-order valence-corrected chi connectivity index (χ1v) is 10.7. The lowest BCUT2D eigenvalue weighted by atomic mass is 9.92. The van der Waals surface area contributed by atoms with Crippen LogP contribution in [0.4, 0.5) is 11.4 Å². The molecule has 1 aliphatic heterocycles. The maximum absolute atomic E-state index is 13.1. The van der Waals surface area contributed by atoms with Crippen molar-refractivity contribution in [3.8, 4) is 11.5 Å². The molecule has 6 nitrogen and oxygen atoms in total. The van der Waals surface area contributed by atoms with Gasteiger partial charge in [0.05, 0.1) is 17.2 Å². The summed E-state index contributed by atoms with van der Waals surface area (Å²) in [5, 5.41) is 2.91. The predicted molar refractivity (Wildman–Crippen MR) is 123 cm³/mol. The molecular weight excluding hydrogens is 392 g/mol. The molecule has 0 unspecified atom stereocenters. The molecule has 0 aromatic heterocycles. The molecule has 0 bridgehead atoms. The van der Waals surface area contributed by atoms with Gasteiger partial charge in [0.2, 0.25) is 5.91 Å². The van der Waals surface area contributed by atoms with Crippen molar-refractivity contribution in [2.45, 2.75) is 47.6 Å². The summed E-state index contributed by atoms with van der Waals surface area (Å²) < 4.78 is 11.6. The van der Waals surface area contributed by atoms with Crippen molar-refractivity contribution in [3.63, 3.8) is 0 Å². The average Bonchev–Trinajstić information content (AvgIpc) is 2.78. The Kier molecular flexibility index (Phi) is 6.58. The number of anilines is 2. The van der Waals surface area contributed by atoms with Crippen LogP contribution in [0.25, 0.3) is 0 Å². The maximum Gasteiger partial charge on any atom is 0.255 e. The number of carbonyl (C=O) groups is 2. The van der Waals surface area contributed by atoms with Crippen LogP contribution < -0.4 is 19.7 Å². The number of fused-ring (bicyclic) bond motifs is 1. The molecule has 3 rings (SSSR count). The number of carbonyl (C=O) groups excluding carboxylic acids is 2. The monoisotopic (exact) mass is 424 g/mol.